The maximum atomic E-state index is 13.1. The van der Waals surface area contributed by atoms with Crippen molar-refractivity contribution < 1.29 is 13.9 Å². The number of nitrogens with zero attached hydrogens (tertiary/aromatic N) is 3. The van der Waals surface area contributed by atoms with Gasteiger partial charge >= 0.3 is 0 Å². The van der Waals surface area contributed by atoms with Crippen molar-refractivity contribution in [2.75, 3.05) is 24.6 Å². The van der Waals surface area contributed by atoms with Gasteiger partial charge in [0.1, 0.15) is 5.82 Å². The number of hydrogen-bond acceptors (Lipinski definition) is 4. The van der Waals surface area contributed by atoms with Gasteiger partial charge in [-0.15, -0.1) is 0 Å². The molecule has 0 bridgehead atoms. The molecule has 1 aromatic carbocycles. The summed E-state index contributed by atoms with van der Waals surface area (Å²) >= 11 is 0. The molecule has 2 rings (SSSR count). The Labute approximate surface area is 128 Å². The van der Waals surface area contributed by atoms with Crippen LogP contribution in [-0.4, -0.2) is 34.8 Å². The molecular formula is C16H21F2N3O. The van der Waals surface area contributed by atoms with Gasteiger partial charge in [0.25, 0.3) is 6.43 Å². The first kappa shape index (κ1) is 16.5. The highest BCUT2D eigenvalue weighted by Gasteiger charge is 2.18. The summed E-state index contributed by atoms with van der Waals surface area (Å²) < 4.78 is 26.1. The highest BCUT2D eigenvalue weighted by molar-refractivity contribution is 5.89. The zero-order valence-corrected chi connectivity index (χ0v) is 12.7. The number of halogens is 2. The van der Waals surface area contributed by atoms with Crippen molar-refractivity contribution in [3.8, 4) is 0 Å². The third-order valence-corrected chi connectivity index (χ3v) is 3.46. The molecule has 0 spiro atoms. The minimum Gasteiger partial charge on any atom is -0.396 e. The van der Waals surface area contributed by atoms with Crippen LogP contribution in [0.1, 0.15) is 38.4 Å². The second-order valence-electron chi connectivity index (χ2n) is 5.14. The topological polar surface area (TPSA) is 49.2 Å². The van der Waals surface area contributed by atoms with Gasteiger partial charge in [-0.05, 0) is 25.0 Å². The fourth-order valence-corrected chi connectivity index (χ4v) is 2.35. The molecule has 0 aliphatic carbocycles. The molecule has 1 N–H and O–H groups in total. The van der Waals surface area contributed by atoms with Crippen LogP contribution in [0.4, 0.5) is 14.6 Å². The lowest BCUT2D eigenvalue weighted by atomic mass is 10.2. The number of hydrogen-bond donors (Lipinski definition) is 1. The van der Waals surface area contributed by atoms with Gasteiger partial charge in [0.05, 0.1) is 5.52 Å². The molecule has 0 aliphatic rings. The van der Waals surface area contributed by atoms with Crippen molar-refractivity contribution >= 4 is 16.7 Å². The molecule has 6 heteroatoms. The number of para-hydroxylation sites is 1. The lowest BCUT2D eigenvalue weighted by Crippen LogP contribution is -2.28. The first-order valence-corrected chi connectivity index (χ1v) is 7.58. The standard InChI is InChI=1S/C16H21F2N3O/c1-2-3-9-21(10-6-11-22)16-12-7-4-5-8-13(12)19-15(20-16)14(17)18/h4-5,7-8,14,22H,2-3,6,9-11H2,1H3. The normalized spacial score (nSPS) is 11.3. The molecule has 0 aliphatic heterocycles. The molecule has 0 saturated carbocycles. The van der Waals surface area contributed by atoms with Crippen LogP contribution >= 0.6 is 0 Å². The van der Waals surface area contributed by atoms with Crippen molar-refractivity contribution in [2.24, 2.45) is 0 Å². The molecule has 22 heavy (non-hydrogen) atoms. The Balaban J connectivity index is 2.47. The van der Waals surface area contributed by atoms with E-state index in [-0.39, 0.29) is 6.61 Å². The minimum atomic E-state index is -2.70. The molecule has 120 valence electrons. The third-order valence-electron chi connectivity index (χ3n) is 3.46. The first-order valence-electron chi connectivity index (χ1n) is 7.58. The molecule has 1 heterocycles. The number of rotatable bonds is 8. The number of aliphatic hydroxyl groups excluding tert-OH is 1. The van der Waals surface area contributed by atoms with E-state index < -0.39 is 12.2 Å². The van der Waals surface area contributed by atoms with Crippen LogP contribution in [-0.2, 0) is 0 Å². The van der Waals surface area contributed by atoms with Crippen molar-refractivity contribution in [1.82, 2.24) is 9.97 Å². The highest BCUT2D eigenvalue weighted by Crippen LogP contribution is 2.27. The number of aliphatic hydroxyl groups is 1. The molecular weight excluding hydrogens is 288 g/mol. The third kappa shape index (κ3) is 3.88. The summed E-state index contributed by atoms with van der Waals surface area (Å²) in [5, 5.41) is 9.83. The van der Waals surface area contributed by atoms with Gasteiger partial charge in [0, 0.05) is 25.1 Å². The molecule has 2 aromatic rings. The summed E-state index contributed by atoms with van der Waals surface area (Å²) in [5.41, 5.74) is 0.522. The smallest absolute Gasteiger partial charge is 0.297 e. The van der Waals surface area contributed by atoms with Gasteiger partial charge in [0.2, 0.25) is 0 Å². The van der Waals surface area contributed by atoms with Crippen LogP contribution < -0.4 is 4.90 Å². The van der Waals surface area contributed by atoms with E-state index in [1.54, 1.807) is 12.1 Å². The molecule has 4 nitrogen and oxygen atoms in total. The van der Waals surface area contributed by atoms with Crippen molar-refractivity contribution in [3.05, 3.63) is 30.1 Å². The number of anilines is 1. The Kier molecular flexibility index (Phi) is 6.00. The molecule has 0 atom stereocenters. The molecule has 0 amide bonds. The Hall–Kier alpha value is -1.82. The van der Waals surface area contributed by atoms with E-state index in [4.69, 9.17) is 5.11 Å². The van der Waals surface area contributed by atoms with Gasteiger partial charge in [-0.25, -0.2) is 18.7 Å². The van der Waals surface area contributed by atoms with E-state index in [1.165, 1.54) is 0 Å². The first-order chi connectivity index (χ1) is 10.7. The Morgan fingerprint density at radius 2 is 1.86 bits per heavy atom. The van der Waals surface area contributed by atoms with Crippen LogP contribution in [0.15, 0.2) is 24.3 Å². The Morgan fingerprint density at radius 3 is 2.55 bits per heavy atom. The van der Waals surface area contributed by atoms with Crippen molar-refractivity contribution in [1.29, 1.82) is 0 Å². The summed E-state index contributed by atoms with van der Waals surface area (Å²) in [4.78, 5) is 10.00. The van der Waals surface area contributed by atoms with Crippen LogP contribution in [0.3, 0.4) is 0 Å². The van der Waals surface area contributed by atoms with Crippen LogP contribution in [0.5, 0.6) is 0 Å². The van der Waals surface area contributed by atoms with Crippen LogP contribution in [0, 0.1) is 0 Å². The van der Waals surface area contributed by atoms with Crippen molar-refractivity contribution in [2.45, 2.75) is 32.6 Å². The molecule has 0 fully saturated rings. The Morgan fingerprint density at radius 1 is 1.14 bits per heavy atom. The van der Waals surface area contributed by atoms with E-state index in [0.717, 1.165) is 24.8 Å². The number of benzene rings is 1. The molecule has 0 unspecified atom stereocenters. The zero-order chi connectivity index (χ0) is 15.9. The maximum absolute atomic E-state index is 13.1. The fraction of sp³-hybridized carbons (Fsp3) is 0.500. The van der Waals surface area contributed by atoms with Gasteiger partial charge in [-0.1, -0.05) is 25.5 Å². The van der Waals surface area contributed by atoms with E-state index in [0.29, 0.717) is 24.3 Å². The number of aromatic nitrogens is 2. The number of unbranched alkanes of at least 4 members (excludes halogenated alkanes) is 1. The van der Waals surface area contributed by atoms with E-state index in [1.807, 2.05) is 17.0 Å². The maximum Gasteiger partial charge on any atom is 0.297 e. The summed E-state index contributed by atoms with van der Waals surface area (Å²) in [6, 6.07) is 7.19. The van der Waals surface area contributed by atoms with Crippen LogP contribution in [0.25, 0.3) is 10.9 Å². The minimum absolute atomic E-state index is 0.0628. The molecule has 1 aromatic heterocycles. The van der Waals surface area contributed by atoms with Gasteiger partial charge in [0.15, 0.2) is 5.82 Å². The SMILES string of the molecule is CCCCN(CCCO)c1nc(C(F)F)nc2ccccc12. The van der Waals surface area contributed by atoms with Gasteiger partial charge < -0.3 is 10.0 Å². The number of alkyl halides is 2. The lowest BCUT2D eigenvalue weighted by molar-refractivity contribution is 0.141. The predicted octanol–water partition coefficient (Wildman–Crippen LogP) is 3.56. The largest absolute Gasteiger partial charge is 0.396 e. The van der Waals surface area contributed by atoms with E-state index in [2.05, 4.69) is 16.9 Å². The number of fused-ring (bicyclic) bond motifs is 1. The second-order valence-corrected chi connectivity index (χ2v) is 5.14. The molecule has 0 saturated heterocycles. The van der Waals surface area contributed by atoms with Crippen LogP contribution in [0.2, 0.25) is 0 Å². The quantitative estimate of drug-likeness (QED) is 0.810. The van der Waals surface area contributed by atoms with E-state index >= 15 is 0 Å². The monoisotopic (exact) mass is 309 g/mol. The zero-order valence-electron chi connectivity index (χ0n) is 12.7. The van der Waals surface area contributed by atoms with Crippen molar-refractivity contribution in [3.63, 3.8) is 0 Å². The van der Waals surface area contributed by atoms with Gasteiger partial charge in [-0.2, -0.15) is 0 Å². The lowest BCUT2D eigenvalue weighted by Gasteiger charge is -2.25. The predicted molar refractivity (Wildman–Crippen MR) is 83.3 cm³/mol. The summed E-state index contributed by atoms with van der Waals surface area (Å²) in [6.07, 6.45) is -0.186. The summed E-state index contributed by atoms with van der Waals surface area (Å²) in [7, 11) is 0. The summed E-state index contributed by atoms with van der Waals surface area (Å²) in [6.45, 7) is 3.45. The Bertz CT molecular complexity index is 599. The average Bonchev–Trinajstić information content (AvgIpc) is 2.54. The fourth-order valence-electron chi connectivity index (χ4n) is 2.35. The molecule has 0 radical (unpaired) electrons. The highest BCUT2D eigenvalue weighted by atomic mass is 19.3. The second kappa shape index (κ2) is 7.98. The van der Waals surface area contributed by atoms with Gasteiger partial charge in [-0.3, -0.25) is 0 Å². The van der Waals surface area contributed by atoms with E-state index in [9.17, 15) is 8.78 Å². The summed E-state index contributed by atoms with van der Waals surface area (Å²) in [5.74, 6) is 0.0852. The average molecular weight is 309 g/mol.